The minimum Gasteiger partial charge on any atom is -0.457 e. The van der Waals surface area contributed by atoms with Gasteiger partial charge in [-0.1, -0.05) is 24.3 Å². The molecule has 0 N–H and O–H groups in total. The van der Waals surface area contributed by atoms with Crippen molar-refractivity contribution in [3.8, 4) is 0 Å². The number of ether oxygens (including phenoxy) is 2. The first-order valence-corrected chi connectivity index (χ1v) is 7.55. The average molecular weight is 304 g/mol. The molecule has 22 heavy (non-hydrogen) atoms. The van der Waals surface area contributed by atoms with E-state index in [1.165, 1.54) is 0 Å². The zero-order valence-electron chi connectivity index (χ0n) is 14.1. The first-order chi connectivity index (χ1) is 9.98. The summed E-state index contributed by atoms with van der Waals surface area (Å²) in [6.07, 6.45) is 7.71. The van der Waals surface area contributed by atoms with Gasteiger partial charge in [0, 0.05) is 11.8 Å². The Morgan fingerprint density at radius 1 is 0.727 bits per heavy atom. The maximum Gasteiger partial charge on any atom is 0.336 e. The second-order valence-electron chi connectivity index (χ2n) is 7.65. The standard InChI is InChI=1S/C18H24O4/c1-17(2,3)21-15(19)13-11-7-9-12(10-8-11)14(13)16(20)22-18(4,5)6/h7-12H,1-6H3. The number of hydrogen-bond donors (Lipinski definition) is 0. The molecule has 0 aromatic heterocycles. The summed E-state index contributed by atoms with van der Waals surface area (Å²) in [5, 5.41) is 0. The number of hydrogen-bond acceptors (Lipinski definition) is 4. The highest BCUT2D eigenvalue weighted by atomic mass is 16.6. The molecule has 0 aliphatic heterocycles. The SMILES string of the molecule is CC(C)(C)OC(=O)C1=C(C(=O)OC(C)(C)C)C2C=CC1C=C2. The third kappa shape index (κ3) is 3.67. The van der Waals surface area contributed by atoms with Crippen molar-refractivity contribution in [3.63, 3.8) is 0 Å². The molecule has 4 heteroatoms. The lowest BCUT2D eigenvalue weighted by Crippen LogP contribution is -2.35. The quantitative estimate of drug-likeness (QED) is 0.580. The summed E-state index contributed by atoms with van der Waals surface area (Å²) in [5.41, 5.74) is -0.404. The molecule has 4 nitrogen and oxygen atoms in total. The van der Waals surface area contributed by atoms with E-state index in [0.717, 1.165) is 0 Å². The minimum absolute atomic E-state index is 0.220. The Hall–Kier alpha value is -1.84. The first kappa shape index (κ1) is 16.5. The molecular weight excluding hydrogens is 280 g/mol. The smallest absolute Gasteiger partial charge is 0.336 e. The number of carbonyl (C=O) groups excluding carboxylic acids is 2. The highest BCUT2D eigenvalue weighted by Gasteiger charge is 2.38. The van der Waals surface area contributed by atoms with E-state index in [4.69, 9.17) is 9.47 Å². The highest BCUT2D eigenvalue weighted by molar-refractivity contribution is 6.03. The van der Waals surface area contributed by atoms with Crippen LogP contribution in [0.25, 0.3) is 0 Å². The van der Waals surface area contributed by atoms with Gasteiger partial charge in [0.1, 0.15) is 11.2 Å². The molecule has 0 spiro atoms. The normalized spacial score (nSPS) is 23.7. The van der Waals surface area contributed by atoms with Crippen LogP contribution in [0.1, 0.15) is 41.5 Å². The van der Waals surface area contributed by atoms with Crippen molar-refractivity contribution >= 4 is 11.9 Å². The summed E-state index contributed by atoms with van der Waals surface area (Å²) in [5.74, 6) is -1.33. The number of carbonyl (C=O) groups is 2. The number of rotatable bonds is 2. The van der Waals surface area contributed by atoms with Crippen molar-refractivity contribution in [1.82, 2.24) is 0 Å². The van der Waals surface area contributed by atoms with Crippen LogP contribution in [0.2, 0.25) is 0 Å². The summed E-state index contributed by atoms with van der Waals surface area (Å²) in [7, 11) is 0. The molecule has 0 aromatic rings. The Labute approximate surface area is 131 Å². The minimum atomic E-state index is -0.604. The van der Waals surface area contributed by atoms with Crippen LogP contribution in [-0.2, 0) is 19.1 Å². The molecule has 0 saturated heterocycles. The fourth-order valence-corrected chi connectivity index (χ4v) is 2.51. The monoisotopic (exact) mass is 304 g/mol. The van der Waals surface area contributed by atoms with Crippen LogP contribution in [0.3, 0.4) is 0 Å². The molecular formula is C18H24O4. The molecule has 0 fully saturated rings. The fourth-order valence-electron chi connectivity index (χ4n) is 2.51. The Bertz CT molecular complexity index is 515. The third-order valence-electron chi connectivity index (χ3n) is 3.25. The van der Waals surface area contributed by atoms with Gasteiger partial charge in [-0.2, -0.15) is 0 Å². The van der Waals surface area contributed by atoms with Gasteiger partial charge in [0.2, 0.25) is 0 Å². The van der Waals surface area contributed by atoms with E-state index in [0.29, 0.717) is 11.1 Å². The molecule has 0 saturated carbocycles. The topological polar surface area (TPSA) is 52.6 Å². The molecule has 0 radical (unpaired) electrons. The highest BCUT2D eigenvalue weighted by Crippen LogP contribution is 2.38. The van der Waals surface area contributed by atoms with Gasteiger partial charge in [0.15, 0.2) is 0 Å². The van der Waals surface area contributed by atoms with Gasteiger partial charge >= 0.3 is 11.9 Å². The van der Waals surface area contributed by atoms with Crippen LogP contribution in [0, 0.1) is 11.8 Å². The maximum absolute atomic E-state index is 12.5. The van der Waals surface area contributed by atoms with Gasteiger partial charge in [-0.25, -0.2) is 9.59 Å². The molecule has 0 amide bonds. The molecule has 120 valence electrons. The lowest BCUT2D eigenvalue weighted by atomic mass is 9.76. The van der Waals surface area contributed by atoms with Gasteiger partial charge in [-0.05, 0) is 41.5 Å². The van der Waals surface area contributed by atoms with Crippen LogP contribution >= 0.6 is 0 Å². The number of esters is 2. The lowest BCUT2D eigenvalue weighted by Gasteiger charge is -2.32. The van der Waals surface area contributed by atoms with Crippen molar-refractivity contribution in [3.05, 3.63) is 35.5 Å². The summed E-state index contributed by atoms with van der Waals surface area (Å²) in [6.45, 7) is 10.9. The largest absolute Gasteiger partial charge is 0.457 e. The van der Waals surface area contributed by atoms with Crippen LogP contribution in [-0.4, -0.2) is 23.1 Å². The number of allylic oxidation sites excluding steroid dienone is 4. The van der Waals surface area contributed by atoms with E-state index in [2.05, 4.69) is 0 Å². The third-order valence-corrected chi connectivity index (χ3v) is 3.25. The van der Waals surface area contributed by atoms with Crippen LogP contribution in [0.15, 0.2) is 35.5 Å². The second-order valence-corrected chi connectivity index (χ2v) is 7.65. The van der Waals surface area contributed by atoms with Gasteiger partial charge in [0.25, 0.3) is 0 Å². The van der Waals surface area contributed by atoms with Gasteiger partial charge in [0.05, 0.1) is 11.1 Å². The van der Waals surface area contributed by atoms with Crippen LogP contribution in [0.4, 0.5) is 0 Å². The summed E-state index contributed by atoms with van der Waals surface area (Å²) >= 11 is 0. The van der Waals surface area contributed by atoms with Gasteiger partial charge < -0.3 is 9.47 Å². The van der Waals surface area contributed by atoms with E-state index >= 15 is 0 Å². The predicted molar refractivity (Wildman–Crippen MR) is 84.0 cm³/mol. The Kier molecular flexibility index (Phi) is 4.07. The Balaban J connectivity index is 2.37. The van der Waals surface area contributed by atoms with Gasteiger partial charge in [-0.15, -0.1) is 0 Å². The van der Waals surface area contributed by atoms with Crippen molar-refractivity contribution in [2.45, 2.75) is 52.7 Å². The van der Waals surface area contributed by atoms with Gasteiger partial charge in [-0.3, -0.25) is 0 Å². The van der Waals surface area contributed by atoms with Crippen LogP contribution < -0.4 is 0 Å². The zero-order valence-corrected chi connectivity index (χ0v) is 14.1. The van der Waals surface area contributed by atoms with E-state index in [1.807, 2.05) is 65.8 Å². The molecule has 2 bridgehead atoms. The molecule has 0 aromatic carbocycles. The van der Waals surface area contributed by atoms with Crippen molar-refractivity contribution < 1.29 is 19.1 Å². The summed E-state index contributed by atoms with van der Waals surface area (Å²) in [4.78, 5) is 25.1. The molecule has 3 aliphatic rings. The summed E-state index contributed by atoms with van der Waals surface area (Å²) in [6, 6.07) is 0. The summed E-state index contributed by atoms with van der Waals surface area (Å²) < 4.78 is 10.9. The van der Waals surface area contributed by atoms with E-state index < -0.39 is 23.1 Å². The van der Waals surface area contributed by atoms with Crippen molar-refractivity contribution in [1.29, 1.82) is 0 Å². The average Bonchev–Trinajstić information content (AvgIpc) is 2.34. The zero-order chi connectivity index (χ0) is 16.7. The predicted octanol–water partition coefficient (Wildman–Crippen LogP) is 3.34. The maximum atomic E-state index is 12.5. The molecule has 0 heterocycles. The first-order valence-electron chi connectivity index (χ1n) is 7.55. The molecule has 3 rings (SSSR count). The molecule has 0 unspecified atom stereocenters. The lowest BCUT2D eigenvalue weighted by molar-refractivity contribution is -0.154. The molecule has 3 aliphatic carbocycles. The van der Waals surface area contributed by atoms with Crippen LogP contribution in [0.5, 0.6) is 0 Å². The van der Waals surface area contributed by atoms with E-state index in [1.54, 1.807) is 0 Å². The second kappa shape index (κ2) is 5.41. The Morgan fingerprint density at radius 2 is 1.00 bits per heavy atom. The molecule has 0 atom stereocenters. The van der Waals surface area contributed by atoms with E-state index in [-0.39, 0.29) is 11.8 Å². The fraction of sp³-hybridized carbons (Fsp3) is 0.556. The van der Waals surface area contributed by atoms with E-state index in [9.17, 15) is 9.59 Å². The van der Waals surface area contributed by atoms with Crippen molar-refractivity contribution in [2.75, 3.05) is 0 Å². The Morgan fingerprint density at radius 3 is 1.23 bits per heavy atom. The van der Waals surface area contributed by atoms with Crippen molar-refractivity contribution in [2.24, 2.45) is 11.8 Å².